The molecular weight excluding hydrogens is 392 g/mol. The number of likely N-dealkylation sites (tertiary alicyclic amines) is 1. The summed E-state index contributed by atoms with van der Waals surface area (Å²) in [6, 6.07) is 17.9. The first-order valence-electron chi connectivity index (χ1n) is 10.6. The minimum atomic E-state index is -0.0705. The van der Waals surface area contributed by atoms with Gasteiger partial charge in [-0.05, 0) is 29.7 Å². The van der Waals surface area contributed by atoms with Gasteiger partial charge in [0.25, 0.3) is 0 Å². The van der Waals surface area contributed by atoms with Crippen molar-refractivity contribution in [2.45, 2.75) is 19.6 Å². The fraction of sp³-hybridized carbons (Fsp3) is 0.417. The highest BCUT2D eigenvalue weighted by molar-refractivity contribution is 5.86. The van der Waals surface area contributed by atoms with E-state index in [0.29, 0.717) is 19.1 Å². The zero-order valence-electron chi connectivity index (χ0n) is 18.3. The van der Waals surface area contributed by atoms with Crippen molar-refractivity contribution in [2.24, 2.45) is 10.9 Å². The zero-order chi connectivity index (χ0) is 21.9. The molecule has 2 aromatic carbocycles. The number of carbonyl (C=O) groups excluding carboxylic acids is 1. The summed E-state index contributed by atoms with van der Waals surface area (Å²) in [6.45, 7) is 3.82. The van der Waals surface area contributed by atoms with E-state index >= 15 is 0 Å². The maximum atomic E-state index is 12.2. The van der Waals surface area contributed by atoms with Crippen LogP contribution in [0.1, 0.15) is 17.5 Å². The monoisotopic (exact) mass is 424 g/mol. The lowest BCUT2D eigenvalue weighted by molar-refractivity contribution is -0.120. The van der Waals surface area contributed by atoms with E-state index in [1.54, 1.807) is 14.2 Å². The van der Waals surface area contributed by atoms with Gasteiger partial charge in [-0.15, -0.1) is 0 Å². The Bertz CT molecular complexity index is 840. The molecular formula is C24H32N4O3. The molecule has 0 spiro atoms. The minimum absolute atomic E-state index is 0.0705. The van der Waals surface area contributed by atoms with Gasteiger partial charge in [-0.1, -0.05) is 42.5 Å². The van der Waals surface area contributed by atoms with E-state index in [2.05, 4.69) is 32.7 Å². The van der Waals surface area contributed by atoms with Crippen molar-refractivity contribution in [3.63, 3.8) is 0 Å². The Morgan fingerprint density at radius 2 is 1.87 bits per heavy atom. The molecule has 1 unspecified atom stereocenters. The topological polar surface area (TPSA) is 75.2 Å². The number of hydrogen-bond acceptors (Lipinski definition) is 4. The fourth-order valence-electron chi connectivity index (χ4n) is 3.58. The average Bonchev–Trinajstić information content (AvgIpc) is 3.28. The summed E-state index contributed by atoms with van der Waals surface area (Å²) in [5, 5.41) is 6.09. The first kappa shape index (κ1) is 22.6. The third kappa shape index (κ3) is 7.29. The summed E-state index contributed by atoms with van der Waals surface area (Å²) in [4.78, 5) is 18.7. The van der Waals surface area contributed by atoms with Crippen LogP contribution in [0.2, 0.25) is 0 Å². The van der Waals surface area contributed by atoms with Crippen molar-refractivity contribution in [3.8, 4) is 5.75 Å². The molecule has 1 atom stereocenters. The van der Waals surface area contributed by atoms with E-state index < -0.39 is 0 Å². The lowest BCUT2D eigenvalue weighted by Crippen LogP contribution is -2.44. The van der Waals surface area contributed by atoms with Gasteiger partial charge in [-0.3, -0.25) is 9.79 Å². The first-order valence-corrected chi connectivity index (χ1v) is 10.6. The Morgan fingerprint density at radius 1 is 1.10 bits per heavy atom. The number of amides is 1. The molecule has 1 aliphatic rings. The highest BCUT2D eigenvalue weighted by Gasteiger charge is 2.25. The van der Waals surface area contributed by atoms with E-state index in [-0.39, 0.29) is 12.5 Å². The van der Waals surface area contributed by atoms with Crippen LogP contribution in [0.4, 0.5) is 0 Å². The molecule has 0 radical (unpaired) electrons. The number of rotatable bonds is 9. The van der Waals surface area contributed by atoms with Crippen LogP contribution >= 0.6 is 0 Å². The van der Waals surface area contributed by atoms with Crippen molar-refractivity contribution < 1.29 is 14.3 Å². The van der Waals surface area contributed by atoms with Crippen LogP contribution < -0.4 is 15.4 Å². The van der Waals surface area contributed by atoms with Crippen molar-refractivity contribution in [1.29, 1.82) is 0 Å². The number of aliphatic imine (C=N–C) groups is 1. The Morgan fingerprint density at radius 3 is 2.58 bits per heavy atom. The SMILES string of the molecule is CN=C(NCC(=O)NCc1ccc(OC)cc1)N1CCC(COCc2ccccc2)C1. The van der Waals surface area contributed by atoms with E-state index in [1.165, 1.54) is 5.56 Å². The summed E-state index contributed by atoms with van der Waals surface area (Å²) in [7, 11) is 3.38. The maximum Gasteiger partial charge on any atom is 0.239 e. The summed E-state index contributed by atoms with van der Waals surface area (Å²) in [6.07, 6.45) is 1.05. The smallest absolute Gasteiger partial charge is 0.239 e. The van der Waals surface area contributed by atoms with Gasteiger partial charge < -0.3 is 25.0 Å². The van der Waals surface area contributed by atoms with Crippen LogP contribution in [0, 0.1) is 5.92 Å². The van der Waals surface area contributed by atoms with E-state index in [0.717, 1.165) is 43.4 Å². The Labute approximate surface area is 184 Å². The maximum absolute atomic E-state index is 12.2. The summed E-state index contributed by atoms with van der Waals surface area (Å²) >= 11 is 0. The Kier molecular flexibility index (Phi) is 8.72. The van der Waals surface area contributed by atoms with Crippen molar-refractivity contribution in [3.05, 3.63) is 65.7 Å². The van der Waals surface area contributed by atoms with Gasteiger partial charge in [-0.25, -0.2) is 0 Å². The second kappa shape index (κ2) is 12.0. The number of nitrogens with one attached hydrogen (secondary N) is 2. The van der Waals surface area contributed by atoms with Gasteiger partial charge in [0.05, 0.1) is 26.9 Å². The fourth-order valence-corrected chi connectivity index (χ4v) is 3.58. The highest BCUT2D eigenvalue weighted by atomic mass is 16.5. The molecule has 3 rings (SSSR count). The summed E-state index contributed by atoms with van der Waals surface area (Å²) in [5.41, 5.74) is 2.21. The largest absolute Gasteiger partial charge is 0.497 e. The van der Waals surface area contributed by atoms with Gasteiger partial charge in [0.1, 0.15) is 5.75 Å². The lowest BCUT2D eigenvalue weighted by atomic mass is 10.1. The highest BCUT2D eigenvalue weighted by Crippen LogP contribution is 2.17. The van der Waals surface area contributed by atoms with Gasteiger partial charge in [-0.2, -0.15) is 0 Å². The molecule has 2 N–H and O–H groups in total. The van der Waals surface area contributed by atoms with Crippen LogP contribution in [0.3, 0.4) is 0 Å². The predicted octanol–water partition coefficient (Wildman–Crippen LogP) is 2.43. The molecule has 31 heavy (non-hydrogen) atoms. The van der Waals surface area contributed by atoms with E-state index in [1.807, 2.05) is 42.5 Å². The van der Waals surface area contributed by atoms with Crippen LogP contribution in [-0.4, -0.2) is 57.2 Å². The number of benzene rings is 2. The van der Waals surface area contributed by atoms with Crippen LogP contribution in [0.15, 0.2) is 59.6 Å². The molecule has 1 aliphatic heterocycles. The second-order valence-corrected chi connectivity index (χ2v) is 7.63. The first-order chi connectivity index (χ1) is 15.2. The molecule has 1 heterocycles. The number of hydrogen-bond donors (Lipinski definition) is 2. The van der Waals surface area contributed by atoms with Gasteiger partial charge >= 0.3 is 0 Å². The normalized spacial score (nSPS) is 16.3. The average molecular weight is 425 g/mol. The second-order valence-electron chi connectivity index (χ2n) is 7.63. The standard InChI is InChI=1S/C24H32N4O3/c1-25-24(27-15-23(29)26-14-19-8-10-22(30-2)11-9-19)28-13-12-21(16-28)18-31-17-20-6-4-3-5-7-20/h3-11,21H,12-18H2,1-2H3,(H,25,27)(H,26,29). The van der Waals surface area contributed by atoms with Gasteiger partial charge in [0.2, 0.25) is 5.91 Å². The van der Waals surface area contributed by atoms with Crippen molar-refractivity contribution in [1.82, 2.24) is 15.5 Å². The lowest BCUT2D eigenvalue weighted by Gasteiger charge is -2.21. The molecule has 166 valence electrons. The summed E-state index contributed by atoms with van der Waals surface area (Å²) in [5.74, 6) is 1.95. The molecule has 1 fully saturated rings. The molecule has 2 aromatic rings. The molecule has 0 aromatic heterocycles. The molecule has 0 bridgehead atoms. The molecule has 1 amide bonds. The minimum Gasteiger partial charge on any atom is -0.497 e. The Hall–Kier alpha value is -3.06. The number of methoxy groups -OCH3 is 1. The predicted molar refractivity (Wildman–Crippen MR) is 122 cm³/mol. The quantitative estimate of drug-likeness (QED) is 0.478. The summed E-state index contributed by atoms with van der Waals surface area (Å²) < 4.78 is 11.0. The van der Waals surface area contributed by atoms with Crippen molar-refractivity contribution in [2.75, 3.05) is 40.4 Å². The molecule has 0 aliphatic carbocycles. The van der Waals surface area contributed by atoms with Crippen LogP contribution in [0.25, 0.3) is 0 Å². The number of guanidine groups is 1. The zero-order valence-corrected chi connectivity index (χ0v) is 18.3. The Balaban J connectivity index is 1.35. The number of nitrogens with zero attached hydrogens (tertiary/aromatic N) is 2. The molecule has 7 heteroatoms. The molecule has 1 saturated heterocycles. The molecule has 0 saturated carbocycles. The third-order valence-corrected chi connectivity index (χ3v) is 5.32. The number of carbonyl (C=O) groups is 1. The van der Waals surface area contributed by atoms with Gasteiger partial charge in [0.15, 0.2) is 5.96 Å². The van der Waals surface area contributed by atoms with E-state index in [9.17, 15) is 4.79 Å². The van der Waals surface area contributed by atoms with Gasteiger partial charge in [0, 0.05) is 32.6 Å². The van der Waals surface area contributed by atoms with E-state index in [4.69, 9.17) is 9.47 Å². The third-order valence-electron chi connectivity index (χ3n) is 5.32. The molecule has 7 nitrogen and oxygen atoms in total. The van der Waals surface area contributed by atoms with Crippen LogP contribution in [-0.2, 0) is 22.7 Å². The number of ether oxygens (including phenoxy) is 2. The van der Waals surface area contributed by atoms with Crippen molar-refractivity contribution >= 4 is 11.9 Å². The van der Waals surface area contributed by atoms with Crippen LogP contribution in [0.5, 0.6) is 5.75 Å².